The van der Waals surface area contributed by atoms with Crippen LogP contribution in [-0.2, 0) is 0 Å². The second-order valence-corrected chi connectivity index (χ2v) is 7.20. The Kier molecular flexibility index (Phi) is 6.07. The molecule has 0 aliphatic carbocycles. The number of hydrogen-bond acceptors (Lipinski definition) is 4. The molecule has 0 saturated heterocycles. The molecule has 1 aromatic heterocycles. The average molecular weight is 428 g/mol. The minimum atomic E-state index is -0.371. The fourth-order valence-electron chi connectivity index (χ4n) is 3.21. The molecule has 0 aliphatic rings. The molecule has 0 unspecified atom stereocenters. The third-order valence-electron chi connectivity index (χ3n) is 4.96. The van der Waals surface area contributed by atoms with Crippen LogP contribution in [0.4, 0.5) is 16.3 Å². The normalized spacial score (nSPS) is 10.5. The number of methoxy groups -OCH3 is 2. The Hall–Kier alpha value is -4.26. The monoisotopic (exact) mass is 428 g/mol. The number of aromatic nitrogens is 2. The van der Waals surface area contributed by atoms with Crippen molar-refractivity contribution in [2.24, 2.45) is 0 Å². The van der Waals surface area contributed by atoms with Gasteiger partial charge in [0.15, 0.2) is 0 Å². The SMILES string of the molecule is COc1ccc(NC(=O)Nc2cc(-c3ccc(OC)cc3)nn2-c2ccc(C)cc2)cc1. The summed E-state index contributed by atoms with van der Waals surface area (Å²) in [6, 6.07) is 24.2. The first-order valence-electron chi connectivity index (χ1n) is 10.1. The lowest BCUT2D eigenvalue weighted by Gasteiger charge is -2.10. The number of anilines is 2. The highest BCUT2D eigenvalue weighted by atomic mass is 16.5. The smallest absolute Gasteiger partial charge is 0.324 e. The number of nitrogens with one attached hydrogen (secondary N) is 2. The maximum Gasteiger partial charge on any atom is 0.324 e. The van der Waals surface area contributed by atoms with E-state index in [2.05, 4.69) is 10.6 Å². The van der Waals surface area contributed by atoms with Gasteiger partial charge in [-0.15, -0.1) is 0 Å². The first-order valence-corrected chi connectivity index (χ1v) is 10.1. The van der Waals surface area contributed by atoms with Gasteiger partial charge in [0.2, 0.25) is 0 Å². The molecule has 162 valence electrons. The minimum Gasteiger partial charge on any atom is -0.497 e. The van der Waals surface area contributed by atoms with Crippen molar-refractivity contribution in [3.05, 3.63) is 84.4 Å². The number of nitrogens with zero attached hydrogens (tertiary/aromatic N) is 2. The Balaban J connectivity index is 1.62. The van der Waals surface area contributed by atoms with Gasteiger partial charge < -0.3 is 14.8 Å². The zero-order valence-electron chi connectivity index (χ0n) is 18.1. The van der Waals surface area contributed by atoms with Gasteiger partial charge >= 0.3 is 6.03 Å². The number of carbonyl (C=O) groups excluding carboxylic acids is 1. The van der Waals surface area contributed by atoms with E-state index in [1.54, 1.807) is 43.2 Å². The lowest BCUT2D eigenvalue weighted by atomic mass is 10.1. The van der Waals surface area contributed by atoms with E-state index in [9.17, 15) is 4.79 Å². The molecule has 0 saturated carbocycles. The Bertz CT molecular complexity index is 1200. The van der Waals surface area contributed by atoms with Crippen LogP contribution >= 0.6 is 0 Å². The van der Waals surface area contributed by atoms with Crippen LogP contribution < -0.4 is 20.1 Å². The van der Waals surface area contributed by atoms with Gasteiger partial charge in [-0.2, -0.15) is 5.10 Å². The summed E-state index contributed by atoms with van der Waals surface area (Å²) >= 11 is 0. The summed E-state index contributed by atoms with van der Waals surface area (Å²) in [5.41, 5.74) is 4.28. The summed E-state index contributed by atoms with van der Waals surface area (Å²) in [5.74, 6) is 2.03. The standard InChI is InChI=1S/C25H24N4O3/c1-17-4-10-20(11-5-17)29-24(16-23(28-29)18-6-12-21(31-2)13-7-18)27-25(30)26-19-8-14-22(32-3)15-9-19/h4-16H,1-3H3,(H2,26,27,30). The Morgan fingerprint density at radius 2 is 1.41 bits per heavy atom. The molecule has 7 nitrogen and oxygen atoms in total. The fourth-order valence-corrected chi connectivity index (χ4v) is 3.21. The molecule has 0 fully saturated rings. The molecule has 2 amide bonds. The van der Waals surface area contributed by atoms with Crippen LogP contribution in [0.2, 0.25) is 0 Å². The van der Waals surface area contributed by atoms with Crippen molar-refractivity contribution in [3.63, 3.8) is 0 Å². The number of ether oxygens (including phenoxy) is 2. The van der Waals surface area contributed by atoms with Crippen LogP contribution in [0.25, 0.3) is 16.9 Å². The summed E-state index contributed by atoms with van der Waals surface area (Å²) in [4.78, 5) is 12.7. The highest BCUT2D eigenvalue weighted by Crippen LogP contribution is 2.27. The molecule has 3 aromatic carbocycles. The number of carbonyl (C=O) groups is 1. The number of urea groups is 1. The molecule has 1 heterocycles. The van der Waals surface area contributed by atoms with Crippen molar-refractivity contribution < 1.29 is 14.3 Å². The van der Waals surface area contributed by atoms with Crippen LogP contribution in [0.1, 0.15) is 5.56 Å². The lowest BCUT2D eigenvalue weighted by molar-refractivity contribution is 0.262. The van der Waals surface area contributed by atoms with Gasteiger partial charge in [-0.1, -0.05) is 17.7 Å². The maximum atomic E-state index is 12.7. The third-order valence-corrected chi connectivity index (χ3v) is 4.96. The zero-order chi connectivity index (χ0) is 22.5. The molecule has 0 atom stereocenters. The number of aryl methyl sites for hydroxylation is 1. The quantitative estimate of drug-likeness (QED) is 0.425. The summed E-state index contributed by atoms with van der Waals surface area (Å²) in [6.45, 7) is 2.02. The largest absolute Gasteiger partial charge is 0.497 e. The second kappa shape index (κ2) is 9.26. The van der Waals surface area contributed by atoms with Crippen LogP contribution in [0.5, 0.6) is 11.5 Å². The molecular formula is C25H24N4O3. The van der Waals surface area contributed by atoms with E-state index < -0.39 is 0 Å². The number of benzene rings is 3. The van der Waals surface area contributed by atoms with E-state index in [-0.39, 0.29) is 6.03 Å². The minimum absolute atomic E-state index is 0.371. The molecule has 0 radical (unpaired) electrons. The van der Waals surface area contributed by atoms with E-state index in [0.29, 0.717) is 11.5 Å². The summed E-state index contributed by atoms with van der Waals surface area (Å²) in [5, 5.41) is 10.5. The molecule has 7 heteroatoms. The molecule has 0 aliphatic heterocycles. The lowest BCUT2D eigenvalue weighted by Crippen LogP contribution is -2.21. The van der Waals surface area contributed by atoms with Gasteiger partial charge in [-0.05, 0) is 67.6 Å². The fraction of sp³-hybridized carbons (Fsp3) is 0.120. The van der Waals surface area contributed by atoms with Gasteiger partial charge in [0.1, 0.15) is 17.3 Å². The molecule has 2 N–H and O–H groups in total. The van der Waals surface area contributed by atoms with Gasteiger partial charge in [-0.25, -0.2) is 9.48 Å². The molecule has 4 rings (SSSR count). The van der Waals surface area contributed by atoms with Gasteiger partial charge in [-0.3, -0.25) is 5.32 Å². The number of amides is 2. The van der Waals surface area contributed by atoms with Crippen molar-refractivity contribution in [2.75, 3.05) is 24.9 Å². The predicted molar refractivity (Wildman–Crippen MR) is 126 cm³/mol. The highest BCUT2D eigenvalue weighted by Gasteiger charge is 2.14. The Morgan fingerprint density at radius 1 is 0.812 bits per heavy atom. The highest BCUT2D eigenvalue weighted by molar-refractivity contribution is 5.99. The third kappa shape index (κ3) is 4.73. The van der Waals surface area contributed by atoms with Gasteiger partial charge in [0, 0.05) is 17.3 Å². The van der Waals surface area contributed by atoms with Crippen molar-refractivity contribution in [1.82, 2.24) is 9.78 Å². The summed E-state index contributed by atoms with van der Waals surface area (Å²) < 4.78 is 12.1. The first-order chi connectivity index (χ1) is 15.6. The second-order valence-electron chi connectivity index (χ2n) is 7.20. The van der Waals surface area contributed by atoms with Crippen LogP contribution in [0, 0.1) is 6.92 Å². The Labute approximate surface area is 186 Å². The van der Waals surface area contributed by atoms with E-state index in [0.717, 1.165) is 34.0 Å². The molecule has 4 aromatic rings. The van der Waals surface area contributed by atoms with Crippen molar-refractivity contribution >= 4 is 17.5 Å². The number of hydrogen-bond donors (Lipinski definition) is 2. The summed E-state index contributed by atoms with van der Waals surface area (Å²) in [7, 11) is 3.23. The van der Waals surface area contributed by atoms with E-state index in [1.165, 1.54) is 0 Å². The molecular weight excluding hydrogens is 404 g/mol. The average Bonchev–Trinajstić information content (AvgIpc) is 3.23. The van der Waals surface area contributed by atoms with E-state index >= 15 is 0 Å². The zero-order valence-corrected chi connectivity index (χ0v) is 18.1. The maximum absolute atomic E-state index is 12.7. The Morgan fingerprint density at radius 3 is 2.00 bits per heavy atom. The van der Waals surface area contributed by atoms with Crippen LogP contribution in [-0.4, -0.2) is 30.0 Å². The molecule has 0 bridgehead atoms. The molecule has 0 spiro atoms. The van der Waals surface area contributed by atoms with Crippen LogP contribution in [0.3, 0.4) is 0 Å². The number of rotatable bonds is 6. The van der Waals surface area contributed by atoms with Crippen LogP contribution in [0.15, 0.2) is 78.9 Å². The molecule has 32 heavy (non-hydrogen) atoms. The van der Waals surface area contributed by atoms with Crippen molar-refractivity contribution in [2.45, 2.75) is 6.92 Å². The predicted octanol–water partition coefficient (Wildman–Crippen LogP) is 5.51. The van der Waals surface area contributed by atoms with Gasteiger partial charge in [0.25, 0.3) is 0 Å². The van der Waals surface area contributed by atoms with E-state index in [4.69, 9.17) is 14.6 Å². The topological polar surface area (TPSA) is 77.4 Å². The van der Waals surface area contributed by atoms with Gasteiger partial charge in [0.05, 0.1) is 25.6 Å². The first kappa shape index (κ1) is 21.0. The van der Waals surface area contributed by atoms with E-state index in [1.807, 2.05) is 61.5 Å². The van der Waals surface area contributed by atoms with Crippen molar-refractivity contribution in [1.29, 1.82) is 0 Å². The van der Waals surface area contributed by atoms with Crippen molar-refractivity contribution in [3.8, 4) is 28.4 Å². The summed E-state index contributed by atoms with van der Waals surface area (Å²) in [6.07, 6.45) is 0.